The third kappa shape index (κ3) is 6.72. The first kappa shape index (κ1) is 22.1. The predicted molar refractivity (Wildman–Crippen MR) is 120 cm³/mol. The average Bonchev–Trinajstić information content (AvgIpc) is 2.80. The fraction of sp³-hybridized carbons (Fsp3) is 0.125. The molecule has 3 aromatic rings. The minimum atomic E-state index is -0.888. The summed E-state index contributed by atoms with van der Waals surface area (Å²) in [4.78, 5) is 38.5. The SMILES string of the molecule is CC(NC(=O)c1ccccc1)C(=O)OCC(=O)Nc1ccccc1Sc1ccccc1. The molecule has 0 aliphatic rings. The number of rotatable bonds is 8. The van der Waals surface area contributed by atoms with Gasteiger partial charge in [0.15, 0.2) is 6.61 Å². The number of esters is 1. The van der Waals surface area contributed by atoms with Crippen LogP contribution in [-0.4, -0.2) is 30.4 Å². The third-order valence-electron chi connectivity index (χ3n) is 4.21. The summed E-state index contributed by atoms with van der Waals surface area (Å²) < 4.78 is 5.06. The number of benzene rings is 3. The van der Waals surface area contributed by atoms with Crippen LogP contribution in [0.5, 0.6) is 0 Å². The summed E-state index contributed by atoms with van der Waals surface area (Å²) in [6.07, 6.45) is 0. The molecule has 0 aliphatic heterocycles. The molecule has 1 unspecified atom stereocenters. The van der Waals surface area contributed by atoms with Crippen molar-refractivity contribution in [3.05, 3.63) is 90.5 Å². The summed E-state index contributed by atoms with van der Waals surface area (Å²) in [6, 6.07) is 24.8. The highest BCUT2D eigenvalue weighted by atomic mass is 32.2. The van der Waals surface area contributed by atoms with E-state index in [1.165, 1.54) is 18.7 Å². The number of hydrogen-bond acceptors (Lipinski definition) is 5. The van der Waals surface area contributed by atoms with Crippen molar-refractivity contribution in [2.24, 2.45) is 0 Å². The number of anilines is 1. The second-order valence-electron chi connectivity index (χ2n) is 6.63. The van der Waals surface area contributed by atoms with Gasteiger partial charge in [0.25, 0.3) is 11.8 Å². The molecule has 0 saturated heterocycles. The second kappa shape index (κ2) is 11.0. The van der Waals surface area contributed by atoms with Crippen molar-refractivity contribution >= 4 is 35.2 Å². The Morgan fingerprint density at radius 1 is 0.871 bits per heavy atom. The summed E-state index contributed by atoms with van der Waals surface area (Å²) in [5.41, 5.74) is 1.07. The molecule has 1 atom stereocenters. The van der Waals surface area contributed by atoms with E-state index >= 15 is 0 Å². The van der Waals surface area contributed by atoms with Gasteiger partial charge >= 0.3 is 5.97 Å². The van der Waals surface area contributed by atoms with E-state index < -0.39 is 24.5 Å². The van der Waals surface area contributed by atoms with E-state index in [9.17, 15) is 14.4 Å². The molecule has 2 amide bonds. The number of carbonyl (C=O) groups excluding carboxylic acids is 3. The molecule has 0 radical (unpaired) electrons. The number of hydrogen-bond donors (Lipinski definition) is 2. The number of nitrogens with one attached hydrogen (secondary N) is 2. The Kier molecular flexibility index (Phi) is 7.84. The largest absolute Gasteiger partial charge is 0.454 e. The summed E-state index contributed by atoms with van der Waals surface area (Å²) in [5, 5.41) is 5.32. The third-order valence-corrected chi connectivity index (χ3v) is 5.30. The lowest BCUT2D eigenvalue weighted by atomic mass is 10.2. The van der Waals surface area contributed by atoms with Crippen LogP contribution in [0.1, 0.15) is 17.3 Å². The van der Waals surface area contributed by atoms with Gasteiger partial charge in [-0.3, -0.25) is 9.59 Å². The van der Waals surface area contributed by atoms with E-state index in [4.69, 9.17) is 4.74 Å². The molecule has 3 aromatic carbocycles. The van der Waals surface area contributed by atoms with Crippen molar-refractivity contribution in [2.45, 2.75) is 22.8 Å². The topological polar surface area (TPSA) is 84.5 Å². The maximum absolute atomic E-state index is 12.3. The highest BCUT2D eigenvalue weighted by molar-refractivity contribution is 7.99. The Labute approximate surface area is 185 Å². The van der Waals surface area contributed by atoms with Gasteiger partial charge in [0, 0.05) is 15.4 Å². The van der Waals surface area contributed by atoms with E-state index in [1.54, 1.807) is 36.4 Å². The number of amides is 2. The van der Waals surface area contributed by atoms with Gasteiger partial charge in [-0.05, 0) is 43.3 Å². The Morgan fingerprint density at radius 2 is 1.48 bits per heavy atom. The molecule has 158 valence electrons. The molecule has 0 fully saturated rings. The molecule has 0 aliphatic carbocycles. The van der Waals surface area contributed by atoms with Crippen molar-refractivity contribution in [1.29, 1.82) is 0 Å². The molecule has 0 saturated carbocycles. The lowest BCUT2D eigenvalue weighted by Crippen LogP contribution is -2.40. The van der Waals surface area contributed by atoms with Gasteiger partial charge in [-0.15, -0.1) is 0 Å². The summed E-state index contributed by atoms with van der Waals surface area (Å²) in [7, 11) is 0. The Morgan fingerprint density at radius 3 is 2.19 bits per heavy atom. The molecule has 0 spiro atoms. The fourth-order valence-corrected chi connectivity index (χ4v) is 3.57. The predicted octanol–water partition coefficient (Wildman–Crippen LogP) is 4.14. The molecule has 0 bridgehead atoms. The average molecular weight is 435 g/mol. The van der Waals surface area contributed by atoms with Crippen LogP contribution in [0.4, 0.5) is 5.69 Å². The van der Waals surface area contributed by atoms with Gasteiger partial charge in [0.2, 0.25) is 0 Å². The van der Waals surface area contributed by atoms with Gasteiger partial charge in [0.1, 0.15) is 6.04 Å². The zero-order valence-corrected chi connectivity index (χ0v) is 17.7. The molecular weight excluding hydrogens is 412 g/mol. The van der Waals surface area contributed by atoms with E-state index in [0.717, 1.165) is 9.79 Å². The normalized spacial score (nSPS) is 11.3. The number of carbonyl (C=O) groups is 3. The highest BCUT2D eigenvalue weighted by Crippen LogP contribution is 2.33. The van der Waals surface area contributed by atoms with Crippen LogP contribution < -0.4 is 10.6 Å². The summed E-state index contributed by atoms with van der Waals surface area (Å²) in [5.74, 6) is -1.54. The van der Waals surface area contributed by atoms with Crippen LogP contribution in [0, 0.1) is 0 Å². The Bertz CT molecular complexity index is 1040. The summed E-state index contributed by atoms with van der Waals surface area (Å²) in [6.45, 7) is 1.06. The van der Waals surface area contributed by atoms with E-state index in [2.05, 4.69) is 10.6 Å². The van der Waals surface area contributed by atoms with Gasteiger partial charge < -0.3 is 15.4 Å². The molecular formula is C24H22N2O4S. The van der Waals surface area contributed by atoms with Crippen molar-refractivity contribution in [1.82, 2.24) is 5.32 Å². The van der Waals surface area contributed by atoms with Gasteiger partial charge in [0.05, 0.1) is 5.69 Å². The lowest BCUT2D eigenvalue weighted by molar-refractivity contribution is -0.148. The van der Waals surface area contributed by atoms with Crippen molar-refractivity contribution in [2.75, 3.05) is 11.9 Å². The van der Waals surface area contributed by atoms with Crippen LogP contribution in [0.25, 0.3) is 0 Å². The van der Waals surface area contributed by atoms with Crippen molar-refractivity contribution < 1.29 is 19.1 Å². The number of para-hydroxylation sites is 1. The van der Waals surface area contributed by atoms with Gasteiger partial charge in [-0.2, -0.15) is 0 Å². The smallest absolute Gasteiger partial charge is 0.328 e. The molecule has 0 heterocycles. The zero-order valence-electron chi connectivity index (χ0n) is 16.9. The van der Waals surface area contributed by atoms with Crippen LogP contribution in [0.2, 0.25) is 0 Å². The molecule has 7 heteroatoms. The first-order valence-corrected chi connectivity index (χ1v) is 10.5. The monoisotopic (exact) mass is 434 g/mol. The molecule has 6 nitrogen and oxygen atoms in total. The first-order valence-electron chi connectivity index (χ1n) is 9.67. The standard InChI is InChI=1S/C24H22N2O4S/c1-17(25-23(28)18-10-4-2-5-11-18)24(29)30-16-22(27)26-20-14-8-9-15-21(20)31-19-12-6-3-7-13-19/h2-15,17H,16H2,1H3,(H,25,28)(H,26,27). The zero-order chi connectivity index (χ0) is 22.1. The number of ether oxygens (including phenoxy) is 1. The van der Waals surface area contributed by atoms with Crippen LogP contribution in [-0.2, 0) is 14.3 Å². The first-order chi connectivity index (χ1) is 15.0. The lowest BCUT2D eigenvalue weighted by Gasteiger charge is -2.14. The molecule has 31 heavy (non-hydrogen) atoms. The van der Waals surface area contributed by atoms with Gasteiger partial charge in [-0.25, -0.2) is 4.79 Å². The highest BCUT2D eigenvalue weighted by Gasteiger charge is 2.19. The quantitative estimate of drug-likeness (QED) is 0.521. The molecule has 0 aromatic heterocycles. The van der Waals surface area contributed by atoms with Gasteiger partial charge in [-0.1, -0.05) is 60.3 Å². The Balaban J connectivity index is 1.51. The minimum absolute atomic E-state index is 0.388. The fourth-order valence-electron chi connectivity index (χ4n) is 2.65. The van der Waals surface area contributed by atoms with Crippen molar-refractivity contribution in [3.63, 3.8) is 0 Å². The maximum atomic E-state index is 12.3. The van der Waals surface area contributed by atoms with Crippen LogP contribution in [0.15, 0.2) is 94.7 Å². The van der Waals surface area contributed by atoms with E-state index in [0.29, 0.717) is 11.3 Å². The van der Waals surface area contributed by atoms with Crippen molar-refractivity contribution in [3.8, 4) is 0 Å². The maximum Gasteiger partial charge on any atom is 0.328 e. The minimum Gasteiger partial charge on any atom is -0.454 e. The van der Waals surface area contributed by atoms with E-state index in [1.807, 2.05) is 48.5 Å². The summed E-state index contributed by atoms with van der Waals surface area (Å²) >= 11 is 1.52. The molecule has 2 N–H and O–H groups in total. The Hall–Kier alpha value is -3.58. The van der Waals surface area contributed by atoms with Crippen LogP contribution in [0.3, 0.4) is 0 Å². The second-order valence-corrected chi connectivity index (χ2v) is 7.74. The molecule has 3 rings (SSSR count). The van der Waals surface area contributed by atoms with Crippen LogP contribution >= 0.6 is 11.8 Å². The van der Waals surface area contributed by atoms with E-state index in [-0.39, 0.29) is 5.91 Å².